The maximum Gasteiger partial charge on any atom is 0.243 e. The number of ether oxygens (including phenoxy) is 1. The number of morpholine rings is 1. The number of β-amino-alcohol motifs (C(OH)–C–C–N with tert-alkyl or cyclic N) is 1. The van der Waals surface area contributed by atoms with Crippen molar-refractivity contribution < 1.29 is 23.4 Å². The van der Waals surface area contributed by atoms with Gasteiger partial charge < -0.3 is 14.9 Å². The lowest BCUT2D eigenvalue weighted by Gasteiger charge is -2.38. The van der Waals surface area contributed by atoms with E-state index in [9.17, 15) is 18.6 Å². The van der Waals surface area contributed by atoms with E-state index in [1.165, 1.54) is 4.31 Å². The van der Waals surface area contributed by atoms with Crippen molar-refractivity contribution in [2.75, 3.05) is 46.0 Å². The van der Waals surface area contributed by atoms with Gasteiger partial charge in [0.15, 0.2) is 0 Å². The van der Waals surface area contributed by atoms with Crippen LogP contribution >= 0.6 is 0 Å². The summed E-state index contributed by atoms with van der Waals surface area (Å²) in [6.45, 7) is 3.31. The zero-order valence-electron chi connectivity index (χ0n) is 14.3. The van der Waals surface area contributed by atoms with Gasteiger partial charge in [0.05, 0.1) is 24.7 Å². The van der Waals surface area contributed by atoms with Gasteiger partial charge in [0.1, 0.15) is 5.60 Å². The Hall–Kier alpha value is -1.03. The van der Waals surface area contributed by atoms with E-state index < -0.39 is 15.6 Å². The van der Waals surface area contributed by atoms with E-state index in [1.54, 1.807) is 12.1 Å². The Kier molecular flexibility index (Phi) is 5.77. The summed E-state index contributed by atoms with van der Waals surface area (Å²) in [5, 5.41) is 19.6. The highest BCUT2D eigenvalue weighted by Gasteiger charge is 2.32. The van der Waals surface area contributed by atoms with E-state index in [1.807, 2.05) is 12.1 Å². The molecule has 0 radical (unpaired) electrons. The molecule has 0 spiro atoms. The van der Waals surface area contributed by atoms with Crippen LogP contribution in [0.15, 0.2) is 29.2 Å². The van der Waals surface area contributed by atoms with Crippen molar-refractivity contribution >= 4 is 10.0 Å². The van der Waals surface area contributed by atoms with E-state index in [0.29, 0.717) is 50.7 Å². The molecule has 2 N–H and O–H groups in total. The molecule has 8 heteroatoms. The molecule has 2 saturated heterocycles. The van der Waals surface area contributed by atoms with Crippen molar-refractivity contribution in [1.29, 1.82) is 0 Å². The van der Waals surface area contributed by atoms with E-state index >= 15 is 0 Å². The molecule has 2 aliphatic heterocycles. The normalized spacial score (nSPS) is 26.6. The first kappa shape index (κ1) is 18.8. The van der Waals surface area contributed by atoms with Crippen molar-refractivity contribution in [3.63, 3.8) is 0 Å². The predicted octanol–water partition coefficient (Wildman–Crippen LogP) is 0.0267. The molecule has 3 rings (SSSR count). The number of benzene rings is 1. The lowest BCUT2D eigenvalue weighted by molar-refractivity contribution is -0.0687. The van der Waals surface area contributed by atoms with Crippen LogP contribution in [-0.4, -0.2) is 79.4 Å². The molecule has 1 aromatic rings. The standard InChI is InChI=1S/C17H26N2O5S/c20-14-17(21)6-1-7-18(13-17)12-15-2-4-16(5-3-15)25(22,23)19-8-10-24-11-9-19/h2-5,20-21H,1,6-14H2/t17-/m0/s1. The Morgan fingerprint density at radius 3 is 2.44 bits per heavy atom. The fourth-order valence-corrected chi connectivity index (χ4v) is 4.84. The maximum absolute atomic E-state index is 12.6. The van der Waals surface area contributed by atoms with Gasteiger partial charge in [-0.15, -0.1) is 0 Å². The summed E-state index contributed by atoms with van der Waals surface area (Å²) in [7, 11) is -3.47. The smallest absolute Gasteiger partial charge is 0.243 e. The molecule has 2 fully saturated rings. The summed E-state index contributed by atoms with van der Waals surface area (Å²) >= 11 is 0. The molecule has 0 aromatic heterocycles. The third-order valence-corrected chi connectivity index (χ3v) is 6.78. The van der Waals surface area contributed by atoms with Gasteiger partial charge in [0, 0.05) is 26.2 Å². The Labute approximate surface area is 148 Å². The van der Waals surface area contributed by atoms with Crippen molar-refractivity contribution in [3.05, 3.63) is 29.8 Å². The van der Waals surface area contributed by atoms with Crippen molar-refractivity contribution in [3.8, 4) is 0 Å². The Morgan fingerprint density at radius 2 is 1.80 bits per heavy atom. The highest BCUT2D eigenvalue weighted by molar-refractivity contribution is 7.89. The quantitative estimate of drug-likeness (QED) is 0.760. The number of aliphatic hydroxyl groups excluding tert-OH is 1. The van der Waals surface area contributed by atoms with Crippen LogP contribution in [0, 0.1) is 0 Å². The van der Waals surface area contributed by atoms with Gasteiger partial charge in [0.2, 0.25) is 10.0 Å². The van der Waals surface area contributed by atoms with Gasteiger partial charge >= 0.3 is 0 Å². The first-order valence-electron chi connectivity index (χ1n) is 8.65. The lowest BCUT2D eigenvalue weighted by atomic mass is 9.93. The summed E-state index contributed by atoms with van der Waals surface area (Å²) in [6.07, 6.45) is 1.44. The van der Waals surface area contributed by atoms with Crippen LogP contribution in [0.3, 0.4) is 0 Å². The highest BCUT2D eigenvalue weighted by Crippen LogP contribution is 2.23. The van der Waals surface area contributed by atoms with Crippen LogP contribution in [0.1, 0.15) is 18.4 Å². The monoisotopic (exact) mass is 370 g/mol. The zero-order chi connectivity index (χ0) is 17.9. The minimum Gasteiger partial charge on any atom is -0.393 e. The fraction of sp³-hybridized carbons (Fsp3) is 0.647. The summed E-state index contributed by atoms with van der Waals surface area (Å²) in [4.78, 5) is 2.38. The van der Waals surface area contributed by atoms with E-state index in [2.05, 4.69) is 4.90 Å². The number of aliphatic hydroxyl groups is 2. The van der Waals surface area contributed by atoms with Gasteiger partial charge in [-0.1, -0.05) is 12.1 Å². The third kappa shape index (κ3) is 4.39. The zero-order valence-corrected chi connectivity index (χ0v) is 15.1. The third-order valence-electron chi connectivity index (χ3n) is 4.87. The maximum atomic E-state index is 12.6. The number of likely N-dealkylation sites (tertiary alicyclic amines) is 1. The molecule has 25 heavy (non-hydrogen) atoms. The average Bonchev–Trinajstić information content (AvgIpc) is 2.63. The number of hydrogen-bond acceptors (Lipinski definition) is 6. The van der Waals surface area contributed by atoms with Crippen molar-refractivity contribution in [2.24, 2.45) is 0 Å². The number of rotatable bonds is 5. The molecule has 2 heterocycles. The molecule has 0 saturated carbocycles. The molecular weight excluding hydrogens is 344 g/mol. The van der Waals surface area contributed by atoms with E-state index in [0.717, 1.165) is 18.5 Å². The summed E-state index contributed by atoms with van der Waals surface area (Å²) in [5.41, 5.74) is -0.0409. The summed E-state index contributed by atoms with van der Waals surface area (Å²) in [6, 6.07) is 6.92. The van der Waals surface area contributed by atoms with Crippen LogP contribution in [-0.2, 0) is 21.3 Å². The van der Waals surface area contributed by atoms with Gasteiger partial charge in [-0.05, 0) is 37.1 Å². The van der Waals surface area contributed by atoms with Crippen molar-refractivity contribution in [2.45, 2.75) is 29.9 Å². The molecule has 1 atom stereocenters. The van der Waals surface area contributed by atoms with Crippen LogP contribution in [0.4, 0.5) is 0 Å². The molecule has 140 valence electrons. The number of hydrogen-bond donors (Lipinski definition) is 2. The molecule has 7 nitrogen and oxygen atoms in total. The van der Waals surface area contributed by atoms with Crippen LogP contribution < -0.4 is 0 Å². The van der Waals surface area contributed by atoms with Crippen LogP contribution in [0.2, 0.25) is 0 Å². The summed E-state index contributed by atoms with van der Waals surface area (Å²) < 4.78 is 31.9. The Bertz CT molecular complexity index is 673. The second kappa shape index (κ2) is 7.69. The average molecular weight is 370 g/mol. The van der Waals surface area contributed by atoms with E-state index in [-0.39, 0.29) is 6.61 Å². The fourth-order valence-electron chi connectivity index (χ4n) is 3.43. The first-order valence-corrected chi connectivity index (χ1v) is 10.1. The molecular formula is C17H26N2O5S. The van der Waals surface area contributed by atoms with Gasteiger partial charge in [-0.3, -0.25) is 4.90 Å². The first-order chi connectivity index (χ1) is 11.9. The summed E-state index contributed by atoms with van der Waals surface area (Å²) in [5.74, 6) is 0. The van der Waals surface area contributed by atoms with Gasteiger partial charge in [-0.25, -0.2) is 8.42 Å². The van der Waals surface area contributed by atoms with Crippen molar-refractivity contribution in [1.82, 2.24) is 9.21 Å². The Balaban J connectivity index is 1.66. The number of piperidine rings is 1. The Morgan fingerprint density at radius 1 is 1.12 bits per heavy atom. The molecule has 0 amide bonds. The minimum absolute atomic E-state index is 0.236. The molecule has 1 aromatic carbocycles. The predicted molar refractivity (Wildman–Crippen MR) is 92.6 cm³/mol. The number of sulfonamides is 1. The lowest BCUT2D eigenvalue weighted by Crippen LogP contribution is -2.50. The molecule has 0 aliphatic carbocycles. The van der Waals surface area contributed by atoms with E-state index in [4.69, 9.17) is 4.74 Å². The second-order valence-corrected chi connectivity index (χ2v) is 8.80. The highest BCUT2D eigenvalue weighted by atomic mass is 32.2. The van der Waals surface area contributed by atoms with Gasteiger partial charge in [-0.2, -0.15) is 4.31 Å². The largest absolute Gasteiger partial charge is 0.393 e. The van der Waals surface area contributed by atoms with Crippen LogP contribution in [0.25, 0.3) is 0 Å². The molecule has 0 unspecified atom stereocenters. The topological polar surface area (TPSA) is 90.3 Å². The second-order valence-electron chi connectivity index (χ2n) is 6.86. The molecule has 2 aliphatic rings. The molecule has 0 bridgehead atoms. The minimum atomic E-state index is -3.47. The number of nitrogens with zero attached hydrogens (tertiary/aromatic N) is 2. The SMILES string of the molecule is O=S(=O)(c1ccc(CN2CCC[C@@](O)(CO)C2)cc1)N1CCOCC1. The van der Waals surface area contributed by atoms with Crippen LogP contribution in [0.5, 0.6) is 0 Å². The van der Waals surface area contributed by atoms with Gasteiger partial charge in [0.25, 0.3) is 0 Å².